The molecule has 3 N–H and O–H groups in total. The number of hydrogen-bond acceptors (Lipinski definition) is 3. The van der Waals surface area contributed by atoms with Gasteiger partial charge in [-0.15, -0.1) is 0 Å². The number of carbonyl (C=O) groups excluding carboxylic acids is 3. The van der Waals surface area contributed by atoms with Crippen LogP contribution in [0.3, 0.4) is 0 Å². The third kappa shape index (κ3) is 4.93. The summed E-state index contributed by atoms with van der Waals surface area (Å²) < 4.78 is 1.27. The van der Waals surface area contributed by atoms with Gasteiger partial charge in [0.15, 0.2) is 0 Å². The summed E-state index contributed by atoms with van der Waals surface area (Å²) in [6, 6.07) is 13.0. The average Bonchev–Trinajstić information content (AvgIpc) is 3.05. The van der Waals surface area contributed by atoms with Crippen LogP contribution in [0.5, 0.6) is 0 Å². The molecule has 0 saturated heterocycles. The van der Waals surface area contributed by atoms with Crippen LogP contribution in [0.25, 0.3) is 10.9 Å². The van der Waals surface area contributed by atoms with E-state index in [4.69, 9.17) is 23.2 Å². The smallest absolute Gasteiger partial charge is 0.328 e. The molecule has 1 aromatic heterocycles. The Morgan fingerprint density at radius 3 is 2.43 bits per heavy atom. The Hall–Kier alpha value is -3.03. The van der Waals surface area contributed by atoms with Gasteiger partial charge in [-0.25, -0.2) is 4.68 Å². The molecular formula is C21H20Cl2N4O3. The quantitative estimate of drug-likeness (QED) is 0.513. The highest BCUT2D eigenvalue weighted by atomic mass is 35.5. The van der Waals surface area contributed by atoms with Crippen molar-refractivity contribution in [2.45, 2.75) is 26.3 Å². The molecule has 1 atom stereocenters. The summed E-state index contributed by atoms with van der Waals surface area (Å²) in [5.74, 6) is -2.17. The molecule has 0 radical (unpaired) electrons. The second kappa shape index (κ2) is 9.19. The molecule has 156 valence electrons. The molecule has 0 unspecified atom stereocenters. The van der Waals surface area contributed by atoms with E-state index in [0.717, 1.165) is 0 Å². The van der Waals surface area contributed by atoms with E-state index in [1.54, 1.807) is 55.5 Å². The molecule has 0 saturated carbocycles. The van der Waals surface area contributed by atoms with E-state index in [1.807, 2.05) is 6.92 Å². The fraction of sp³-hybridized carbons (Fsp3) is 0.190. The summed E-state index contributed by atoms with van der Waals surface area (Å²) >= 11 is 12.0. The first kappa shape index (κ1) is 21.7. The number of rotatable bonds is 5. The minimum absolute atomic E-state index is 0.122. The molecule has 0 aliphatic heterocycles. The summed E-state index contributed by atoms with van der Waals surface area (Å²) in [6.45, 7) is 3.69. The van der Waals surface area contributed by atoms with E-state index in [9.17, 15) is 14.4 Å². The summed E-state index contributed by atoms with van der Waals surface area (Å²) in [5.41, 5.74) is 3.62. The largest absolute Gasteiger partial charge is 0.345 e. The number of benzene rings is 2. The lowest BCUT2D eigenvalue weighted by Gasteiger charge is -2.14. The summed E-state index contributed by atoms with van der Waals surface area (Å²) in [5, 5.41) is 6.89. The summed E-state index contributed by atoms with van der Waals surface area (Å²) in [4.78, 5) is 37.5. The van der Waals surface area contributed by atoms with Crippen molar-refractivity contribution in [3.05, 3.63) is 64.3 Å². The number of hydrogen-bond donors (Lipinski definition) is 3. The monoisotopic (exact) mass is 446 g/mol. The van der Waals surface area contributed by atoms with Gasteiger partial charge in [-0.2, -0.15) is 0 Å². The van der Waals surface area contributed by atoms with Gasteiger partial charge in [-0.05, 0) is 55.8 Å². The zero-order valence-electron chi connectivity index (χ0n) is 16.3. The van der Waals surface area contributed by atoms with E-state index >= 15 is 0 Å². The van der Waals surface area contributed by atoms with Crippen LogP contribution in [0.1, 0.15) is 30.8 Å². The average molecular weight is 447 g/mol. The van der Waals surface area contributed by atoms with Crippen LogP contribution >= 0.6 is 23.2 Å². The third-order valence-electron chi connectivity index (χ3n) is 4.49. The van der Waals surface area contributed by atoms with Crippen LogP contribution in [-0.2, 0) is 9.59 Å². The molecule has 0 bridgehead atoms. The second-order valence-electron chi connectivity index (χ2n) is 6.76. The number of anilines is 1. The lowest BCUT2D eigenvalue weighted by molar-refractivity contribution is -0.137. The SMILES string of the molecule is CC[C@@H](C)NC(=O)C(=O)Nn1c(C(=O)Nc2cccc(Cl)c2)cc2cc(Cl)ccc21. The Labute approximate surface area is 183 Å². The molecular weight excluding hydrogens is 427 g/mol. The molecule has 3 rings (SSSR count). The fourth-order valence-corrected chi connectivity index (χ4v) is 3.15. The van der Waals surface area contributed by atoms with Crippen LogP contribution < -0.4 is 16.1 Å². The first-order chi connectivity index (χ1) is 14.3. The summed E-state index contributed by atoms with van der Waals surface area (Å²) in [6.07, 6.45) is 0.678. The highest BCUT2D eigenvalue weighted by Crippen LogP contribution is 2.24. The predicted octanol–water partition coefficient (Wildman–Crippen LogP) is 4.19. The van der Waals surface area contributed by atoms with Crippen LogP contribution in [0, 0.1) is 0 Å². The topological polar surface area (TPSA) is 92.2 Å². The van der Waals surface area contributed by atoms with Crippen molar-refractivity contribution in [1.82, 2.24) is 9.99 Å². The highest BCUT2D eigenvalue weighted by Gasteiger charge is 2.21. The fourth-order valence-electron chi connectivity index (χ4n) is 2.78. The van der Waals surface area contributed by atoms with E-state index in [2.05, 4.69) is 16.1 Å². The highest BCUT2D eigenvalue weighted by molar-refractivity contribution is 6.38. The standard InChI is InChI=1S/C21H20Cl2N4O3/c1-3-12(2)24-20(29)21(30)26-27-17-8-7-15(23)9-13(17)10-18(27)19(28)25-16-6-4-5-14(22)11-16/h4-12H,3H2,1-2H3,(H,24,29)(H,25,28)(H,26,30)/t12-/m1/s1. The van der Waals surface area contributed by atoms with E-state index in [1.165, 1.54) is 4.68 Å². The van der Waals surface area contributed by atoms with Crippen LogP contribution in [-0.4, -0.2) is 28.4 Å². The number of carbonyl (C=O) groups is 3. The zero-order valence-corrected chi connectivity index (χ0v) is 17.8. The van der Waals surface area contributed by atoms with Crippen molar-refractivity contribution >= 4 is 57.5 Å². The number of amides is 3. The minimum Gasteiger partial charge on any atom is -0.345 e. The Balaban J connectivity index is 1.94. The molecule has 0 aliphatic carbocycles. The minimum atomic E-state index is -0.889. The van der Waals surface area contributed by atoms with E-state index in [-0.39, 0.29) is 11.7 Å². The maximum atomic E-state index is 12.9. The predicted molar refractivity (Wildman–Crippen MR) is 119 cm³/mol. The van der Waals surface area contributed by atoms with Crippen LogP contribution in [0.4, 0.5) is 5.69 Å². The van der Waals surface area contributed by atoms with Crippen molar-refractivity contribution in [3.63, 3.8) is 0 Å². The molecule has 1 heterocycles. The zero-order chi connectivity index (χ0) is 21.8. The Bertz CT molecular complexity index is 1130. The van der Waals surface area contributed by atoms with Gasteiger partial charge in [-0.3, -0.25) is 19.8 Å². The van der Waals surface area contributed by atoms with E-state index in [0.29, 0.717) is 33.1 Å². The Kier molecular flexibility index (Phi) is 6.64. The van der Waals surface area contributed by atoms with Gasteiger partial charge < -0.3 is 10.6 Å². The van der Waals surface area contributed by atoms with Gasteiger partial charge in [-0.1, -0.05) is 36.2 Å². The Morgan fingerprint density at radius 2 is 1.73 bits per heavy atom. The molecule has 3 amide bonds. The first-order valence-electron chi connectivity index (χ1n) is 9.28. The number of halogens is 2. The van der Waals surface area contributed by atoms with Gasteiger partial charge in [0.2, 0.25) is 0 Å². The van der Waals surface area contributed by atoms with Crippen molar-refractivity contribution < 1.29 is 14.4 Å². The first-order valence-corrected chi connectivity index (χ1v) is 10.0. The number of nitrogens with one attached hydrogen (secondary N) is 3. The maximum absolute atomic E-state index is 12.9. The van der Waals surface area contributed by atoms with Crippen molar-refractivity contribution in [2.75, 3.05) is 10.7 Å². The van der Waals surface area contributed by atoms with Crippen molar-refractivity contribution in [3.8, 4) is 0 Å². The van der Waals surface area contributed by atoms with Crippen molar-refractivity contribution in [1.29, 1.82) is 0 Å². The van der Waals surface area contributed by atoms with Gasteiger partial charge in [0.25, 0.3) is 5.91 Å². The van der Waals surface area contributed by atoms with Crippen LogP contribution in [0.15, 0.2) is 48.5 Å². The molecule has 0 fully saturated rings. The lowest BCUT2D eigenvalue weighted by atomic mass is 10.2. The normalized spacial score (nSPS) is 11.7. The second-order valence-corrected chi connectivity index (χ2v) is 7.63. The maximum Gasteiger partial charge on any atom is 0.328 e. The molecule has 0 aliphatic rings. The van der Waals surface area contributed by atoms with E-state index < -0.39 is 17.7 Å². The molecule has 7 nitrogen and oxygen atoms in total. The number of aromatic nitrogens is 1. The van der Waals surface area contributed by atoms with Gasteiger partial charge >= 0.3 is 11.8 Å². The molecule has 2 aromatic carbocycles. The van der Waals surface area contributed by atoms with Crippen molar-refractivity contribution in [2.24, 2.45) is 0 Å². The number of nitrogens with zero attached hydrogens (tertiary/aromatic N) is 1. The Morgan fingerprint density at radius 1 is 1.00 bits per heavy atom. The van der Waals surface area contributed by atoms with Crippen LogP contribution in [0.2, 0.25) is 10.0 Å². The third-order valence-corrected chi connectivity index (χ3v) is 4.96. The lowest BCUT2D eigenvalue weighted by Crippen LogP contribution is -2.43. The van der Waals surface area contributed by atoms with Gasteiger partial charge in [0.1, 0.15) is 5.69 Å². The van der Waals surface area contributed by atoms with Gasteiger partial charge in [0.05, 0.1) is 5.52 Å². The summed E-state index contributed by atoms with van der Waals surface area (Å²) in [7, 11) is 0. The molecule has 30 heavy (non-hydrogen) atoms. The molecule has 9 heteroatoms. The number of fused-ring (bicyclic) bond motifs is 1. The molecule has 0 spiro atoms. The molecule has 3 aromatic rings. The van der Waals surface area contributed by atoms with Gasteiger partial charge in [0, 0.05) is 27.2 Å².